The number of H-pyrrole nitrogens is 1. The molecule has 2 aliphatic heterocycles. The van der Waals surface area contributed by atoms with Crippen LogP contribution >= 0.6 is 0 Å². The second-order valence-corrected chi connectivity index (χ2v) is 7.02. The summed E-state index contributed by atoms with van der Waals surface area (Å²) in [5.74, 6) is 0.844. The van der Waals surface area contributed by atoms with Gasteiger partial charge in [0.2, 0.25) is 5.88 Å². The van der Waals surface area contributed by atoms with E-state index in [0.717, 1.165) is 45.4 Å². The Labute approximate surface area is 151 Å². The van der Waals surface area contributed by atoms with Crippen LogP contribution in [0.2, 0.25) is 0 Å². The van der Waals surface area contributed by atoms with Crippen LogP contribution in [0.1, 0.15) is 35.3 Å². The fraction of sp³-hybridized carbons (Fsp3) is 0.238. The molecule has 1 unspecified atom stereocenters. The maximum absolute atomic E-state index is 12.4. The van der Waals surface area contributed by atoms with E-state index < -0.39 is 0 Å². The predicted octanol–water partition coefficient (Wildman–Crippen LogP) is 3.79. The van der Waals surface area contributed by atoms with E-state index in [2.05, 4.69) is 23.3 Å². The summed E-state index contributed by atoms with van der Waals surface area (Å²) in [4.78, 5) is 20.6. The molecule has 1 aromatic carbocycles. The maximum Gasteiger partial charge on any atom is 0.253 e. The second kappa shape index (κ2) is 5.73. The van der Waals surface area contributed by atoms with Crippen molar-refractivity contribution in [1.82, 2.24) is 15.3 Å². The molecule has 0 fully saturated rings. The SMILES string of the molecule is C/C1=C\CC2CNC(=O)c3cc([nH]c32)-c2cccc3ccc(nc23)OC1. The van der Waals surface area contributed by atoms with E-state index in [9.17, 15) is 4.79 Å². The summed E-state index contributed by atoms with van der Waals surface area (Å²) in [6.45, 7) is 3.23. The van der Waals surface area contributed by atoms with Crippen LogP contribution in [0.3, 0.4) is 0 Å². The van der Waals surface area contributed by atoms with Gasteiger partial charge >= 0.3 is 0 Å². The molecule has 1 amide bonds. The number of hydrogen-bond donors (Lipinski definition) is 2. The molecule has 2 aromatic heterocycles. The summed E-state index contributed by atoms with van der Waals surface area (Å²) in [7, 11) is 0. The van der Waals surface area contributed by atoms with Crippen LogP contribution < -0.4 is 10.1 Å². The highest BCUT2D eigenvalue weighted by atomic mass is 16.5. The summed E-state index contributed by atoms with van der Waals surface area (Å²) in [6, 6.07) is 12.0. The Morgan fingerprint density at radius 2 is 2.12 bits per heavy atom. The van der Waals surface area contributed by atoms with Crippen LogP contribution in [0.5, 0.6) is 5.88 Å². The van der Waals surface area contributed by atoms with Crippen LogP contribution in [0.15, 0.2) is 48.0 Å². The third kappa shape index (κ3) is 2.39. The lowest BCUT2D eigenvalue weighted by molar-refractivity contribution is 0.0940. The van der Waals surface area contributed by atoms with Gasteiger partial charge in [0.1, 0.15) is 6.61 Å². The first-order valence-corrected chi connectivity index (χ1v) is 8.89. The molecule has 0 radical (unpaired) electrons. The third-order valence-corrected chi connectivity index (χ3v) is 5.19. The molecular weight excluding hydrogens is 326 g/mol. The molecule has 0 aliphatic carbocycles. The number of hydrogen-bond acceptors (Lipinski definition) is 3. The number of benzene rings is 1. The molecule has 2 aliphatic rings. The van der Waals surface area contributed by atoms with Crippen LogP contribution in [0.4, 0.5) is 0 Å². The number of para-hydroxylation sites is 1. The number of carbonyl (C=O) groups excluding carboxylic acids is 1. The molecule has 5 rings (SSSR count). The monoisotopic (exact) mass is 345 g/mol. The van der Waals surface area contributed by atoms with Gasteiger partial charge in [-0.3, -0.25) is 4.79 Å². The first-order valence-electron chi connectivity index (χ1n) is 8.89. The zero-order valence-corrected chi connectivity index (χ0v) is 14.5. The molecule has 1 atom stereocenters. The van der Waals surface area contributed by atoms with Crippen molar-refractivity contribution < 1.29 is 9.53 Å². The zero-order chi connectivity index (χ0) is 17.7. The summed E-state index contributed by atoms with van der Waals surface area (Å²) >= 11 is 0. The minimum Gasteiger partial charge on any atom is -0.473 e. The van der Waals surface area contributed by atoms with E-state index in [1.54, 1.807) is 0 Å². The molecular formula is C21H19N3O2. The number of fused-ring (bicyclic) bond motifs is 3. The van der Waals surface area contributed by atoms with Crippen molar-refractivity contribution in [3.05, 3.63) is 59.3 Å². The highest BCUT2D eigenvalue weighted by Crippen LogP contribution is 2.34. The number of aromatic amines is 1. The van der Waals surface area contributed by atoms with Crippen molar-refractivity contribution in [1.29, 1.82) is 0 Å². The average molecular weight is 345 g/mol. The van der Waals surface area contributed by atoms with E-state index in [0.29, 0.717) is 19.0 Å². The number of amides is 1. The van der Waals surface area contributed by atoms with Crippen molar-refractivity contribution in [3.63, 3.8) is 0 Å². The molecule has 2 N–H and O–H groups in total. The van der Waals surface area contributed by atoms with Gasteiger partial charge < -0.3 is 15.0 Å². The van der Waals surface area contributed by atoms with E-state index in [-0.39, 0.29) is 11.8 Å². The first-order chi connectivity index (χ1) is 12.7. The smallest absolute Gasteiger partial charge is 0.253 e. The molecule has 4 bridgehead atoms. The van der Waals surface area contributed by atoms with Gasteiger partial charge in [-0.25, -0.2) is 4.98 Å². The van der Waals surface area contributed by atoms with Crippen LogP contribution in [0.25, 0.3) is 22.2 Å². The number of nitrogens with one attached hydrogen (secondary N) is 2. The van der Waals surface area contributed by atoms with Crippen molar-refractivity contribution in [3.8, 4) is 17.1 Å². The highest BCUT2D eigenvalue weighted by molar-refractivity contribution is 6.00. The van der Waals surface area contributed by atoms with Crippen molar-refractivity contribution >= 4 is 16.8 Å². The summed E-state index contributed by atoms with van der Waals surface area (Å²) in [5, 5.41) is 4.06. The van der Waals surface area contributed by atoms with Crippen LogP contribution in [-0.4, -0.2) is 29.0 Å². The van der Waals surface area contributed by atoms with Crippen molar-refractivity contribution in [2.45, 2.75) is 19.3 Å². The fourth-order valence-electron chi connectivity index (χ4n) is 3.76. The maximum atomic E-state index is 12.4. The molecule has 0 spiro atoms. The molecule has 26 heavy (non-hydrogen) atoms. The van der Waals surface area contributed by atoms with Gasteiger partial charge in [0.15, 0.2) is 0 Å². The number of pyridine rings is 1. The summed E-state index contributed by atoms with van der Waals surface area (Å²) in [6.07, 6.45) is 3.05. The van der Waals surface area contributed by atoms with Crippen molar-refractivity contribution in [2.24, 2.45) is 0 Å². The van der Waals surface area contributed by atoms with Gasteiger partial charge in [0.05, 0.1) is 11.1 Å². The lowest BCUT2D eigenvalue weighted by Gasteiger charge is -2.22. The van der Waals surface area contributed by atoms with Crippen LogP contribution in [0, 0.1) is 0 Å². The van der Waals surface area contributed by atoms with Gasteiger partial charge in [0.25, 0.3) is 5.91 Å². The predicted molar refractivity (Wildman–Crippen MR) is 100 cm³/mol. The minimum absolute atomic E-state index is 0.0104. The number of aromatic nitrogens is 2. The van der Waals surface area contributed by atoms with Gasteiger partial charge in [-0.2, -0.15) is 0 Å². The zero-order valence-electron chi connectivity index (χ0n) is 14.5. The first kappa shape index (κ1) is 15.2. The van der Waals surface area contributed by atoms with Gasteiger partial charge in [0, 0.05) is 40.9 Å². The molecule has 3 aromatic rings. The Hall–Kier alpha value is -3.08. The number of rotatable bonds is 0. The Kier molecular flexibility index (Phi) is 3.35. The Balaban J connectivity index is 1.78. The molecule has 5 heteroatoms. The number of nitrogens with zero attached hydrogens (tertiary/aromatic N) is 1. The highest BCUT2D eigenvalue weighted by Gasteiger charge is 2.28. The minimum atomic E-state index is -0.0104. The van der Waals surface area contributed by atoms with E-state index in [1.807, 2.05) is 36.4 Å². The topological polar surface area (TPSA) is 67.0 Å². The van der Waals surface area contributed by atoms with E-state index in [4.69, 9.17) is 9.72 Å². The normalized spacial score (nSPS) is 21.0. The number of carbonyl (C=O) groups is 1. The standard InChI is InChI=1S/C21H19N3O2/c1-12-5-6-14-10-22-21(25)16-9-17(23-20(14)16)15-4-2-3-13-7-8-18(26-11-12)24-19(13)15/h2-5,7-9,14,23H,6,10-11H2,1H3,(H,22,25)/b12-5+. The number of ether oxygens (including phenoxy) is 1. The second-order valence-electron chi connectivity index (χ2n) is 7.02. The largest absolute Gasteiger partial charge is 0.473 e. The Morgan fingerprint density at radius 1 is 1.19 bits per heavy atom. The molecule has 5 nitrogen and oxygen atoms in total. The van der Waals surface area contributed by atoms with Crippen LogP contribution in [-0.2, 0) is 0 Å². The number of allylic oxidation sites excluding steroid dienone is 1. The van der Waals surface area contributed by atoms with E-state index in [1.165, 1.54) is 0 Å². The third-order valence-electron chi connectivity index (χ3n) is 5.19. The lowest BCUT2D eigenvalue weighted by Crippen LogP contribution is -2.34. The van der Waals surface area contributed by atoms with Gasteiger partial charge in [-0.1, -0.05) is 24.3 Å². The molecule has 4 heterocycles. The van der Waals surface area contributed by atoms with Gasteiger partial charge in [-0.05, 0) is 31.1 Å². The average Bonchev–Trinajstić information content (AvgIpc) is 3.11. The fourth-order valence-corrected chi connectivity index (χ4v) is 3.76. The molecule has 0 saturated heterocycles. The quantitative estimate of drug-likeness (QED) is 0.609. The Bertz CT molecular complexity index is 1060. The summed E-state index contributed by atoms with van der Waals surface area (Å²) in [5.41, 5.74) is 5.70. The molecule has 130 valence electrons. The lowest BCUT2D eigenvalue weighted by atomic mass is 9.93. The van der Waals surface area contributed by atoms with Crippen molar-refractivity contribution in [2.75, 3.05) is 13.2 Å². The molecule has 0 saturated carbocycles. The summed E-state index contributed by atoms with van der Waals surface area (Å²) < 4.78 is 5.89. The van der Waals surface area contributed by atoms with Gasteiger partial charge in [-0.15, -0.1) is 0 Å². The Morgan fingerprint density at radius 3 is 3.04 bits per heavy atom. The van der Waals surface area contributed by atoms with E-state index >= 15 is 0 Å².